The molecule has 0 bridgehead atoms. The maximum atomic E-state index is 12.1. The van der Waals surface area contributed by atoms with E-state index in [0.717, 1.165) is 40.8 Å². The van der Waals surface area contributed by atoms with Crippen LogP contribution in [0.5, 0.6) is 5.75 Å². The summed E-state index contributed by atoms with van der Waals surface area (Å²) in [5.74, 6) is 0.365. The number of pyridine rings is 2. The number of carbonyl (C=O) groups is 1. The summed E-state index contributed by atoms with van der Waals surface area (Å²) in [6.45, 7) is 3.23. The van der Waals surface area contributed by atoms with Gasteiger partial charge in [-0.05, 0) is 65.4 Å². The van der Waals surface area contributed by atoms with Gasteiger partial charge in [0.25, 0.3) is 0 Å². The summed E-state index contributed by atoms with van der Waals surface area (Å²) >= 11 is 0. The lowest BCUT2D eigenvalue weighted by Gasteiger charge is -2.18. The van der Waals surface area contributed by atoms with Crippen molar-refractivity contribution in [3.8, 4) is 5.75 Å². The molecule has 6 heteroatoms. The first-order chi connectivity index (χ1) is 14.2. The van der Waals surface area contributed by atoms with Crippen molar-refractivity contribution < 1.29 is 9.53 Å². The van der Waals surface area contributed by atoms with Gasteiger partial charge in [-0.15, -0.1) is 0 Å². The molecule has 0 aliphatic heterocycles. The summed E-state index contributed by atoms with van der Waals surface area (Å²) < 4.78 is 5.60. The van der Waals surface area contributed by atoms with Gasteiger partial charge in [0.1, 0.15) is 11.8 Å². The lowest BCUT2D eigenvalue weighted by Crippen LogP contribution is -2.33. The highest BCUT2D eigenvalue weighted by atomic mass is 16.5. The molecule has 6 nitrogen and oxygen atoms in total. The van der Waals surface area contributed by atoms with E-state index in [-0.39, 0.29) is 0 Å². The van der Waals surface area contributed by atoms with Gasteiger partial charge in [0, 0.05) is 31.3 Å². The number of primary amides is 1. The third-order valence-electron chi connectivity index (χ3n) is 4.62. The molecule has 29 heavy (non-hydrogen) atoms. The molecule has 2 aromatic heterocycles. The zero-order valence-corrected chi connectivity index (χ0v) is 16.5. The third kappa shape index (κ3) is 5.86. The predicted molar refractivity (Wildman–Crippen MR) is 112 cm³/mol. The first-order valence-corrected chi connectivity index (χ1v) is 9.73. The minimum absolute atomic E-state index is 0.419. The van der Waals surface area contributed by atoms with Crippen LogP contribution in [0.25, 0.3) is 0 Å². The lowest BCUT2D eigenvalue weighted by molar-refractivity contribution is -0.120. The fourth-order valence-electron chi connectivity index (χ4n) is 3.08. The van der Waals surface area contributed by atoms with Crippen LogP contribution in [-0.2, 0) is 17.8 Å². The van der Waals surface area contributed by atoms with Crippen LogP contribution in [-0.4, -0.2) is 22.5 Å². The zero-order chi connectivity index (χ0) is 20.5. The minimum Gasteiger partial charge on any atom is -0.494 e. The molecule has 2 heterocycles. The average molecular weight is 390 g/mol. The summed E-state index contributed by atoms with van der Waals surface area (Å²) in [5.41, 5.74) is 9.80. The Morgan fingerprint density at radius 2 is 1.76 bits per heavy atom. The molecule has 150 valence electrons. The molecule has 0 aliphatic rings. The highest BCUT2D eigenvalue weighted by Crippen LogP contribution is 2.20. The maximum absolute atomic E-state index is 12.1. The molecular formula is C23H26N4O2. The Morgan fingerprint density at radius 1 is 1.03 bits per heavy atom. The van der Waals surface area contributed by atoms with Crippen molar-refractivity contribution in [1.29, 1.82) is 0 Å². The fraction of sp³-hybridized carbons (Fsp3) is 0.261. The van der Waals surface area contributed by atoms with E-state index in [1.165, 1.54) is 0 Å². The summed E-state index contributed by atoms with van der Waals surface area (Å²) in [6.07, 6.45) is 8.86. The van der Waals surface area contributed by atoms with Gasteiger partial charge < -0.3 is 10.5 Å². The smallest absolute Gasteiger partial charge is 0.239 e. The first-order valence-electron chi connectivity index (χ1n) is 9.73. The number of hydrogen-bond acceptors (Lipinski definition) is 5. The van der Waals surface area contributed by atoms with Crippen LogP contribution in [0.1, 0.15) is 41.6 Å². The van der Waals surface area contributed by atoms with Gasteiger partial charge in [0.2, 0.25) is 5.91 Å². The number of ether oxygens (including phenoxy) is 1. The molecule has 0 radical (unpaired) electrons. The number of nitrogens with zero attached hydrogens (tertiary/aromatic N) is 2. The topological polar surface area (TPSA) is 90.1 Å². The van der Waals surface area contributed by atoms with Gasteiger partial charge in [-0.25, -0.2) is 0 Å². The molecule has 0 fully saturated rings. The van der Waals surface area contributed by atoms with Gasteiger partial charge in [0.15, 0.2) is 0 Å². The van der Waals surface area contributed by atoms with Crippen molar-refractivity contribution >= 4 is 5.91 Å². The van der Waals surface area contributed by atoms with E-state index in [0.29, 0.717) is 13.2 Å². The van der Waals surface area contributed by atoms with Crippen molar-refractivity contribution in [2.24, 2.45) is 5.73 Å². The summed E-state index contributed by atoms with van der Waals surface area (Å²) in [5, 5.41) is 3.29. The van der Waals surface area contributed by atoms with E-state index in [1.54, 1.807) is 18.6 Å². The highest BCUT2D eigenvalue weighted by Gasteiger charge is 2.18. The van der Waals surface area contributed by atoms with E-state index >= 15 is 0 Å². The normalized spacial score (nSPS) is 11.8. The second-order valence-electron chi connectivity index (χ2n) is 6.81. The number of benzene rings is 1. The minimum atomic E-state index is -0.586. The second-order valence-corrected chi connectivity index (χ2v) is 6.81. The van der Waals surface area contributed by atoms with E-state index in [9.17, 15) is 4.79 Å². The monoisotopic (exact) mass is 390 g/mol. The van der Waals surface area contributed by atoms with Crippen molar-refractivity contribution in [1.82, 2.24) is 15.3 Å². The Labute approximate surface area is 171 Å². The Kier molecular flexibility index (Phi) is 7.30. The largest absolute Gasteiger partial charge is 0.494 e. The van der Waals surface area contributed by atoms with Gasteiger partial charge in [-0.3, -0.25) is 20.1 Å². The number of aromatic nitrogens is 2. The number of rotatable bonds is 10. The summed E-state index contributed by atoms with van der Waals surface area (Å²) in [4.78, 5) is 20.4. The zero-order valence-electron chi connectivity index (χ0n) is 16.5. The SMILES string of the molecule is CCCOc1ccc(C(NCc2ccncc2Cc2ccncc2)C(N)=O)cc1. The predicted octanol–water partition coefficient (Wildman–Crippen LogP) is 3.17. The van der Waals surface area contributed by atoms with Gasteiger partial charge >= 0.3 is 0 Å². The molecule has 3 N–H and O–H groups in total. The van der Waals surface area contributed by atoms with E-state index < -0.39 is 11.9 Å². The summed E-state index contributed by atoms with van der Waals surface area (Å²) in [7, 11) is 0. The Bertz CT molecular complexity index is 914. The maximum Gasteiger partial charge on any atom is 0.239 e. The van der Waals surface area contributed by atoms with E-state index in [1.807, 2.05) is 48.7 Å². The second kappa shape index (κ2) is 10.3. The molecule has 1 amide bonds. The number of amides is 1. The van der Waals surface area contributed by atoms with Crippen LogP contribution in [0.15, 0.2) is 67.3 Å². The first kappa shape index (κ1) is 20.5. The lowest BCUT2D eigenvalue weighted by atomic mass is 10.0. The molecule has 0 saturated carbocycles. The molecule has 0 saturated heterocycles. The number of hydrogen-bond donors (Lipinski definition) is 2. The van der Waals surface area contributed by atoms with Crippen LogP contribution in [0.2, 0.25) is 0 Å². The third-order valence-corrected chi connectivity index (χ3v) is 4.62. The summed E-state index contributed by atoms with van der Waals surface area (Å²) in [6, 6.07) is 12.8. The number of nitrogens with two attached hydrogens (primary N) is 1. The Balaban J connectivity index is 1.70. The molecule has 1 atom stereocenters. The molecule has 0 spiro atoms. The van der Waals surface area contributed by atoms with Crippen molar-refractivity contribution in [2.75, 3.05) is 6.61 Å². The van der Waals surface area contributed by atoms with E-state index in [2.05, 4.69) is 22.2 Å². The fourth-order valence-corrected chi connectivity index (χ4v) is 3.08. The van der Waals surface area contributed by atoms with Crippen molar-refractivity contribution in [3.05, 3.63) is 89.5 Å². The van der Waals surface area contributed by atoms with Crippen LogP contribution in [0.4, 0.5) is 0 Å². The van der Waals surface area contributed by atoms with E-state index in [4.69, 9.17) is 10.5 Å². The highest BCUT2D eigenvalue weighted by molar-refractivity contribution is 5.81. The molecule has 0 aliphatic carbocycles. The van der Waals surface area contributed by atoms with Gasteiger partial charge in [-0.2, -0.15) is 0 Å². The van der Waals surface area contributed by atoms with Crippen LogP contribution in [0.3, 0.4) is 0 Å². The molecule has 3 rings (SSSR count). The average Bonchev–Trinajstić information content (AvgIpc) is 2.75. The van der Waals surface area contributed by atoms with Crippen LogP contribution >= 0.6 is 0 Å². The molecule has 3 aromatic rings. The number of nitrogens with one attached hydrogen (secondary N) is 1. The molecule has 1 unspecified atom stereocenters. The van der Waals surface area contributed by atoms with Gasteiger partial charge in [0.05, 0.1) is 6.61 Å². The van der Waals surface area contributed by atoms with Crippen molar-refractivity contribution in [3.63, 3.8) is 0 Å². The van der Waals surface area contributed by atoms with Gasteiger partial charge in [-0.1, -0.05) is 19.1 Å². The Morgan fingerprint density at radius 3 is 2.45 bits per heavy atom. The van der Waals surface area contributed by atoms with Crippen molar-refractivity contribution in [2.45, 2.75) is 32.4 Å². The van der Waals surface area contributed by atoms with Crippen LogP contribution < -0.4 is 15.8 Å². The Hall–Kier alpha value is -3.25. The molecular weight excluding hydrogens is 364 g/mol. The van der Waals surface area contributed by atoms with Crippen LogP contribution in [0, 0.1) is 0 Å². The quantitative estimate of drug-likeness (QED) is 0.555. The number of carbonyl (C=O) groups excluding carboxylic acids is 1. The molecule has 1 aromatic carbocycles. The standard InChI is InChI=1S/C23H26N4O2/c1-2-13-29-21-5-3-18(4-6-21)22(23(24)28)27-16-19-9-12-26-15-20(19)14-17-7-10-25-11-8-17/h3-12,15,22,27H,2,13-14,16H2,1H3,(H2,24,28).